The van der Waals surface area contributed by atoms with Gasteiger partial charge in [-0.1, -0.05) is 48.0 Å². The number of halogens is 1. The highest BCUT2D eigenvalue weighted by molar-refractivity contribution is 6.33. The molecule has 116 valence electrons. The molecule has 3 rings (SSSR count). The smallest absolute Gasteiger partial charge is 0.141 e. The number of aromatic nitrogens is 1. The van der Waals surface area contributed by atoms with Gasteiger partial charge < -0.3 is 10.2 Å². The van der Waals surface area contributed by atoms with Crippen molar-refractivity contribution in [2.45, 2.75) is 12.5 Å². The molecule has 0 bridgehead atoms. The largest absolute Gasteiger partial charge is 0.506 e. The number of phenols is 1. The van der Waals surface area contributed by atoms with E-state index >= 15 is 0 Å². The number of nitrogens with zero attached hydrogens (tertiary/aromatic N) is 1. The maximum Gasteiger partial charge on any atom is 0.141 e. The molecule has 0 saturated carbocycles. The predicted octanol–water partition coefficient (Wildman–Crippen LogP) is 4.87. The normalized spacial score (nSPS) is 12.3. The molecule has 3 aromatic rings. The highest BCUT2D eigenvalue weighted by atomic mass is 35.5. The number of benzene rings is 2. The van der Waals surface area contributed by atoms with E-state index in [9.17, 15) is 10.2 Å². The average molecular weight is 326 g/mol. The van der Waals surface area contributed by atoms with E-state index in [1.807, 2.05) is 30.3 Å². The van der Waals surface area contributed by atoms with Crippen molar-refractivity contribution in [1.29, 1.82) is 0 Å². The Labute approximate surface area is 139 Å². The van der Waals surface area contributed by atoms with Crippen LogP contribution >= 0.6 is 11.6 Å². The van der Waals surface area contributed by atoms with E-state index in [-0.39, 0.29) is 5.75 Å². The van der Waals surface area contributed by atoms with Crippen LogP contribution in [0.5, 0.6) is 5.75 Å². The zero-order valence-corrected chi connectivity index (χ0v) is 13.2. The number of para-hydroxylation sites is 1. The minimum Gasteiger partial charge on any atom is -0.506 e. The first kappa shape index (κ1) is 15.5. The maximum absolute atomic E-state index is 10.5. The van der Waals surface area contributed by atoms with Crippen LogP contribution in [0.15, 0.2) is 61.2 Å². The van der Waals surface area contributed by atoms with Gasteiger partial charge in [-0.05, 0) is 24.6 Å². The molecular weight excluding hydrogens is 310 g/mol. The van der Waals surface area contributed by atoms with Crippen LogP contribution in [0.2, 0.25) is 5.02 Å². The molecule has 0 fully saturated rings. The van der Waals surface area contributed by atoms with Crippen molar-refractivity contribution in [1.82, 2.24) is 4.98 Å². The predicted molar refractivity (Wildman–Crippen MR) is 93.6 cm³/mol. The van der Waals surface area contributed by atoms with E-state index in [1.54, 1.807) is 24.3 Å². The van der Waals surface area contributed by atoms with Crippen LogP contribution in [-0.4, -0.2) is 15.2 Å². The van der Waals surface area contributed by atoms with Crippen LogP contribution in [0.1, 0.15) is 18.1 Å². The van der Waals surface area contributed by atoms with Gasteiger partial charge in [0.05, 0.1) is 11.8 Å². The summed E-state index contributed by atoms with van der Waals surface area (Å²) in [6.45, 7) is 3.68. The Kier molecular flexibility index (Phi) is 4.33. The van der Waals surface area contributed by atoms with Crippen molar-refractivity contribution in [3.05, 3.63) is 71.8 Å². The fourth-order valence-corrected chi connectivity index (χ4v) is 2.83. The number of fused-ring (bicyclic) bond motifs is 1. The number of pyridine rings is 1. The molecule has 23 heavy (non-hydrogen) atoms. The van der Waals surface area contributed by atoms with Crippen LogP contribution in [0.25, 0.3) is 22.2 Å². The summed E-state index contributed by atoms with van der Waals surface area (Å²) in [6, 6.07) is 14.4. The van der Waals surface area contributed by atoms with Crippen LogP contribution < -0.4 is 0 Å². The zero-order valence-electron chi connectivity index (χ0n) is 12.4. The van der Waals surface area contributed by atoms with Crippen molar-refractivity contribution < 1.29 is 10.2 Å². The molecule has 1 atom stereocenters. The van der Waals surface area contributed by atoms with Crippen molar-refractivity contribution in [3.63, 3.8) is 0 Å². The SMILES string of the molecule is C=CCC(O)c1cc2cccc(O)c2nc1-c1ccccc1Cl. The van der Waals surface area contributed by atoms with Gasteiger partial charge in [0.2, 0.25) is 0 Å². The van der Waals surface area contributed by atoms with E-state index in [4.69, 9.17) is 11.6 Å². The Morgan fingerprint density at radius 2 is 1.96 bits per heavy atom. The summed E-state index contributed by atoms with van der Waals surface area (Å²) in [7, 11) is 0. The summed E-state index contributed by atoms with van der Waals surface area (Å²) in [5.41, 5.74) is 2.43. The summed E-state index contributed by atoms with van der Waals surface area (Å²) in [5.74, 6) is 0.0977. The van der Waals surface area contributed by atoms with E-state index in [1.165, 1.54) is 0 Å². The average Bonchev–Trinajstić information content (AvgIpc) is 2.55. The lowest BCUT2D eigenvalue weighted by molar-refractivity contribution is 0.182. The molecule has 2 aromatic carbocycles. The molecule has 1 heterocycles. The highest BCUT2D eigenvalue weighted by Crippen LogP contribution is 2.36. The molecule has 0 saturated heterocycles. The van der Waals surface area contributed by atoms with E-state index in [0.29, 0.717) is 28.2 Å². The van der Waals surface area contributed by atoms with Gasteiger partial charge in [-0.2, -0.15) is 0 Å². The number of rotatable bonds is 4. The van der Waals surface area contributed by atoms with Crippen molar-refractivity contribution in [2.75, 3.05) is 0 Å². The van der Waals surface area contributed by atoms with Crippen molar-refractivity contribution >= 4 is 22.5 Å². The molecule has 3 nitrogen and oxygen atoms in total. The van der Waals surface area contributed by atoms with Gasteiger partial charge in [0.15, 0.2) is 0 Å². The first-order valence-electron chi connectivity index (χ1n) is 7.28. The van der Waals surface area contributed by atoms with Gasteiger partial charge in [0.1, 0.15) is 11.3 Å². The third kappa shape index (κ3) is 2.93. The second-order valence-corrected chi connectivity index (χ2v) is 5.70. The Morgan fingerprint density at radius 1 is 1.17 bits per heavy atom. The Morgan fingerprint density at radius 3 is 2.70 bits per heavy atom. The van der Waals surface area contributed by atoms with Crippen LogP contribution in [-0.2, 0) is 0 Å². The lowest BCUT2D eigenvalue weighted by Gasteiger charge is -2.16. The van der Waals surface area contributed by atoms with Crippen LogP contribution in [0.4, 0.5) is 0 Å². The number of aliphatic hydroxyl groups is 1. The summed E-state index contributed by atoms with van der Waals surface area (Å²) < 4.78 is 0. The number of hydrogen-bond acceptors (Lipinski definition) is 3. The van der Waals surface area contributed by atoms with Crippen molar-refractivity contribution in [2.24, 2.45) is 0 Å². The first-order chi connectivity index (χ1) is 11.1. The quantitative estimate of drug-likeness (QED) is 0.673. The molecule has 0 aliphatic carbocycles. The summed E-state index contributed by atoms with van der Waals surface area (Å²) in [4.78, 5) is 4.58. The molecule has 0 amide bonds. The summed E-state index contributed by atoms with van der Waals surface area (Å²) >= 11 is 6.30. The lowest BCUT2D eigenvalue weighted by atomic mass is 9.97. The van der Waals surface area contributed by atoms with Gasteiger partial charge in [-0.15, -0.1) is 6.58 Å². The Bertz CT molecular complexity index is 876. The number of aliphatic hydroxyl groups excluding tert-OH is 1. The minimum atomic E-state index is -0.738. The lowest BCUT2D eigenvalue weighted by Crippen LogP contribution is -2.02. The molecule has 0 radical (unpaired) electrons. The maximum atomic E-state index is 10.5. The van der Waals surface area contributed by atoms with Gasteiger partial charge in [0.25, 0.3) is 0 Å². The molecule has 0 aliphatic rings. The molecule has 4 heteroatoms. The Balaban J connectivity index is 2.32. The first-order valence-corrected chi connectivity index (χ1v) is 7.66. The van der Waals surface area contributed by atoms with Gasteiger partial charge in [0, 0.05) is 21.5 Å². The topological polar surface area (TPSA) is 53.4 Å². The number of phenolic OH excluding ortho intramolecular Hbond substituents is 1. The van der Waals surface area contributed by atoms with Crippen molar-refractivity contribution in [3.8, 4) is 17.0 Å². The van der Waals surface area contributed by atoms with Gasteiger partial charge >= 0.3 is 0 Å². The monoisotopic (exact) mass is 325 g/mol. The van der Waals surface area contributed by atoms with Crippen LogP contribution in [0.3, 0.4) is 0 Å². The molecule has 1 unspecified atom stereocenters. The molecule has 0 aliphatic heterocycles. The van der Waals surface area contributed by atoms with Gasteiger partial charge in [-0.25, -0.2) is 4.98 Å². The van der Waals surface area contributed by atoms with E-state index in [0.717, 1.165) is 10.9 Å². The highest BCUT2D eigenvalue weighted by Gasteiger charge is 2.18. The fourth-order valence-electron chi connectivity index (χ4n) is 2.61. The standard InChI is InChI=1S/C19H16ClNO2/c1-2-6-16(22)14-11-12-7-5-10-17(23)18(12)21-19(14)13-8-3-4-9-15(13)20/h2-5,7-11,16,22-23H,1,6H2. The van der Waals surface area contributed by atoms with E-state index in [2.05, 4.69) is 11.6 Å². The third-order valence-electron chi connectivity index (χ3n) is 3.73. The Hall–Kier alpha value is -2.36. The second kappa shape index (κ2) is 6.41. The number of aromatic hydroxyl groups is 1. The third-order valence-corrected chi connectivity index (χ3v) is 4.06. The fraction of sp³-hybridized carbons (Fsp3) is 0.105. The molecule has 1 aromatic heterocycles. The second-order valence-electron chi connectivity index (χ2n) is 5.30. The summed E-state index contributed by atoms with van der Waals surface area (Å²) in [5, 5.41) is 21.8. The summed E-state index contributed by atoms with van der Waals surface area (Å²) in [6.07, 6.45) is 1.33. The van der Waals surface area contributed by atoms with E-state index < -0.39 is 6.10 Å². The van der Waals surface area contributed by atoms with Crippen LogP contribution in [0, 0.1) is 0 Å². The molecule has 2 N–H and O–H groups in total. The zero-order chi connectivity index (χ0) is 16.4. The molecular formula is C19H16ClNO2. The number of hydrogen-bond donors (Lipinski definition) is 2. The van der Waals surface area contributed by atoms with Gasteiger partial charge in [-0.3, -0.25) is 0 Å². The molecule has 0 spiro atoms. The minimum absolute atomic E-state index is 0.0977.